The van der Waals surface area contributed by atoms with Crippen LogP contribution in [0.4, 0.5) is 0 Å². The van der Waals surface area contributed by atoms with Gasteiger partial charge < -0.3 is 4.74 Å². The monoisotopic (exact) mass is 705 g/mol. The summed E-state index contributed by atoms with van der Waals surface area (Å²) in [5, 5.41) is 0. The minimum absolute atomic E-state index is 0.879. The molecule has 0 fully saturated rings. The van der Waals surface area contributed by atoms with Crippen molar-refractivity contribution in [3.63, 3.8) is 0 Å². The molecule has 0 aliphatic carbocycles. The largest absolute Gasteiger partial charge is 0.457 e. The first-order chi connectivity index (χ1) is 24.8. The molecule has 0 unspecified atom stereocenters. The Morgan fingerprint density at radius 3 is 0.922 bits per heavy atom. The molecule has 0 saturated heterocycles. The number of aryl methyl sites for hydroxylation is 2. The van der Waals surface area contributed by atoms with E-state index in [1.165, 1.54) is 127 Å². The van der Waals surface area contributed by atoms with Crippen molar-refractivity contribution in [2.45, 2.75) is 184 Å². The summed E-state index contributed by atoms with van der Waals surface area (Å²) in [5.74, 6) is 1.76. The summed E-state index contributed by atoms with van der Waals surface area (Å²) in [4.78, 5) is 0. The van der Waals surface area contributed by atoms with Crippen LogP contribution >= 0.6 is 0 Å². The lowest BCUT2D eigenvalue weighted by Gasteiger charge is -2.05. The fraction of sp³-hybridized carbons (Fsp3) is 0.560. The summed E-state index contributed by atoms with van der Waals surface area (Å²) in [6, 6.07) is 16.1. The predicted octanol–water partition coefficient (Wildman–Crippen LogP) is 18.5. The van der Waals surface area contributed by atoms with Gasteiger partial charge in [-0.1, -0.05) is 184 Å². The highest BCUT2D eigenvalue weighted by Crippen LogP contribution is 2.21. The minimum atomic E-state index is 0.879. The van der Waals surface area contributed by atoms with Gasteiger partial charge >= 0.3 is 0 Å². The summed E-state index contributed by atoms with van der Waals surface area (Å²) >= 11 is 0. The van der Waals surface area contributed by atoms with Crippen LogP contribution in [0.25, 0.3) is 0 Å². The standard InChI is InChI=1S/C14H14O.C11H22.C9H18.C7H14.C4H8.C3H6.C2H6/c1-11-3-7-13(8-4-11)15-14-9-5-12(2)6-10-14;1-3-5-7-9-11-10-8-6-4-2;1-3-5-7-9-8-6-4-2;1-3-5-7-6-4-2;1-3-4-2;1-3-2;1-2/h3-10H,1-2H3;3H,1,4-11H2,2H3;3H,1,4-9H2,2H3;3H,1,4-7H2,2H3;3H,1,4H2,2H3;3H,1H2,2H3;1-2H3. The molecule has 0 amide bonds. The number of hydrogen-bond donors (Lipinski definition) is 0. The van der Waals surface area contributed by atoms with Gasteiger partial charge in [0.1, 0.15) is 11.5 Å². The van der Waals surface area contributed by atoms with Crippen molar-refractivity contribution in [3.05, 3.63) is 123 Å². The third-order valence-electron chi connectivity index (χ3n) is 7.10. The quantitative estimate of drug-likeness (QED) is 0.0928. The Hall–Kier alpha value is -3.06. The Kier molecular flexibility index (Phi) is 63.3. The van der Waals surface area contributed by atoms with Crippen molar-refractivity contribution in [1.29, 1.82) is 0 Å². The SMILES string of the molecule is C=CC.C=CCC.C=CCCCCC.C=CCCCCCCC.C=CCCCCCCCCC.CC.Cc1ccc(Oc2ccc(C)cc2)cc1. The molecule has 2 rings (SSSR count). The molecule has 1 nitrogen and oxygen atoms in total. The molecule has 0 saturated carbocycles. The average molecular weight is 705 g/mol. The van der Waals surface area contributed by atoms with Crippen LogP contribution in [-0.2, 0) is 0 Å². The molecular formula is C50H88O. The van der Waals surface area contributed by atoms with Crippen molar-refractivity contribution >= 4 is 0 Å². The van der Waals surface area contributed by atoms with Crippen LogP contribution < -0.4 is 4.74 Å². The van der Waals surface area contributed by atoms with E-state index in [-0.39, 0.29) is 0 Å². The molecule has 0 radical (unpaired) electrons. The summed E-state index contributed by atoms with van der Waals surface area (Å²) in [6.45, 7) is 36.7. The second-order valence-electron chi connectivity index (χ2n) is 12.3. The third-order valence-corrected chi connectivity index (χ3v) is 7.10. The molecule has 294 valence electrons. The highest BCUT2D eigenvalue weighted by molar-refractivity contribution is 5.33. The molecule has 2 aromatic carbocycles. The van der Waals surface area contributed by atoms with Crippen LogP contribution in [-0.4, -0.2) is 0 Å². The summed E-state index contributed by atoms with van der Waals surface area (Å²) in [5.41, 5.74) is 2.48. The van der Waals surface area contributed by atoms with E-state index in [9.17, 15) is 0 Å². The summed E-state index contributed by atoms with van der Waals surface area (Å²) in [6.07, 6.45) is 35.0. The van der Waals surface area contributed by atoms with E-state index in [1.54, 1.807) is 6.08 Å². The van der Waals surface area contributed by atoms with Crippen LogP contribution in [0.5, 0.6) is 11.5 Å². The molecule has 0 bridgehead atoms. The topological polar surface area (TPSA) is 9.23 Å². The zero-order valence-corrected chi connectivity index (χ0v) is 35.9. The molecule has 0 aromatic heterocycles. The Balaban J connectivity index is -0.000000176. The van der Waals surface area contributed by atoms with Crippen LogP contribution in [0.15, 0.2) is 112 Å². The van der Waals surface area contributed by atoms with Gasteiger partial charge in [-0.3, -0.25) is 0 Å². The van der Waals surface area contributed by atoms with E-state index in [4.69, 9.17) is 4.74 Å². The second kappa shape index (κ2) is 56.3. The van der Waals surface area contributed by atoms with E-state index in [0.29, 0.717) is 0 Å². The third kappa shape index (κ3) is 59.4. The molecule has 0 atom stereocenters. The van der Waals surface area contributed by atoms with E-state index in [1.807, 2.05) is 93.6 Å². The van der Waals surface area contributed by atoms with Gasteiger partial charge in [-0.15, -0.1) is 32.9 Å². The molecule has 0 spiro atoms. The van der Waals surface area contributed by atoms with Gasteiger partial charge in [0, 0.05) is 0 Å². The van der Waals surface area contributed by atoms with Crippen molar-refractivity contribution in [3.8, 4) is 11.5 Å². The summed E-state index contributed by atoms with van der Waals surface area (Å²) < 4.78 is 5.69. The minimum Gasteiger partial charge on any atom is -0.457 e. The van der Waals surface area contributed by atoms with Gasteiger partial charge in [0.2, 0.25) is 0 Å². The van der Waals surface area contributed by atoms with Crippen LogP contribution in [0.1, 0.15) is 182 Å². The Bertz CT molecular complexity index is 875. The van der Waals surface area contributed by atoms with Gasteiger partial charge in [0.15, 0.2) is 0 Å². The Morgan fingerprint density at radius 1 is 0.431 bits per heavy atom. The maximum absolute atomic E-state index is 5.69. The molecule has 51 heavy (non-hydrogen) atoms. The zero-order valence-electron chi connectivity index (χ0n) is 35.9. The molecule has 0 heterocycles. The van der Waals surface area contributed by atoms with E-state index in [2.05, 4.69) is 74.4 Å². The fourth-order valence-electron chi connectivity index (χ4n) is 4.03. The zero-order chi connectivity index (χ0) is 39.6. The van der Waals surface area contributed by atoms with Crippen molar-refractivity contribution in [1.82, 2.24) is 0 Å². The van der Waals surface area contributed by atoms with Crippen molar-refractivity contribution < 1.29 is 4.74 Å². The lowest BCUT2D eigenvalue weighted by Crippen LogP contribution is -1.84. The van der Waals surface area contributed by atoms with Gasteiger partial charge in [-0.2, -0.15) is 0 Å². The van der Waals surface area contributed by atoms with Crippen LogP contribution in [0.3, 0.4) is 0 Å². The maximum Gasteiger partial charge on any atom is 0.127 e. The average Bonchev–Trinajstić information content (AvgIpc) is 3.15. The molecule has 0 aliphatic heterocycles. The summed E-state index contributed by atoms with van der Waals surface area (Å²) in [7, 11) is 0. The number of rotatable bonds is 21. The first-order valence-corrected chi connectivity index (χ1v) is 20.6. The van der Waals surface area contributed by atoms with Gasteiger partial charge in [0.05, 0.1) is 0 Å². The van der Waals surface area contributed by atoms with E-state index < -0.39 is 0 Å². The number of ether oxygens (including phenoxy) is 1. The smallest absolute Gasteiger partial charge is 0.127 e. The highest BCUT2D eigenvalue weighted by atomic mass is 16.5. The van der Waals surface area contributed by atoms with Crippen molar-refractivity contribution in [2.75, 3.05) is 0 Å². The first-order valence-electron chi connectivity index (χ1n) is 20.6. The van der Waals surface area contributed by atoms with Gasteiger partial charge in [-0.05, 0) is 90.0 Å². The number of benzene rings is 2. The molecule has 2 aromatic rings. The van der Waals surface area contributed by atoms with E-state index >= 15 is 0 Å². The van der Waals surface area contributed by atoms with Gasteiger partial charge in [-0.25, -0.2) is 0 Å². The fourth-order valence-corrected chi connectivity index (χ4v) is 4.03. The molecule has 0 aliphatic rings. The lowest BCUT2D eigenvalue weighted by atomic mass is 10.1. The van der Waals surface area contributed by atoms with Crippen LogP contribution in [0, 0.1) is 13.8 Å². The van der Waals surface area contributed by atoms with Crippen molar-refractivity contribution in [2.24, 2.45) is 0 Å². The van der Waals surface area contributed by atoms with Crippen LogP contribution in [0.2, 0.25) is 0 Å². The molecule has 0 N–H and O–H groups in total. The molecule has 1 heteroatoms. The van der Waals surface area contributed by atoms with E-state index in [0.717, 1.165) is 17.9 Å². The predicted molar refractivity (Wildman–Crippen MR) is 241 cm³/mol. The number of allylic oxidation sites excluding steroid dienone is 5. The lowest BCUT2D eigenvalue weighted by molar-refractivity contribution is 0.482. The Labute approximate surface area is 322 Å². The first kappa shape index (κ1) is 57.3. The highest BCUT2D eigenvalue weighted by Gasteiger charge is 1.96. The number of hydrogen-bond acceptors (Lipinski definition) is 1. The maximum atomic E-state index is 5.69. The second-order valence-corrected chi connectivity index (χ2v) is 12.3. The molecular weight excluding hydrogens is 617 g/mol. The Morgan fingerprint density at radius 2 is 0.667 bits per heavy atom. The normalized spacial score (nSPS) is 8.80. The number of unbranched alkanes of at least 4 members (excludes halogenated alkanes) is 15. The van der Waals surface area contributed by atoms with Gasteiger partial charge in [0.25, 0.3) is 0 Å².